The Kier molecular flexibility index (Phi) is 3.54. The summed E-state index contributed by atoms with van der Waals surface area (Å²) in [6, 6.07) is 9.65. The molecule has 0 aliphatic rings. The van der Waals surface area contributed by atoms with Crippen molar-refractivity contribution in [3.8, 4) is 0 Å². The van der Waals surface area contributed by atoms with Gasteiger partial charge in [0.05, 0.1) is 0 Å². The quantitative estimate of drug-likeness (QED) is 0.546. The molecule has 0 atom stereocenters. The number of nitrogen functional groups attached to an aromatic ring is 1. The lowest BCUT2D eigenvalue weighted by molar-refractivity contribution is 0.957. The van der Waals surface area contributed by atoms with Crippen LogP contribution in [0, 0.1) is 0 Å². The van der Waals surface area contributed by atoms with Crippen LogP contribution in [0.25, 0.3) is 0 Å². The molecule has 1 heterocycles. The van der Waals surface area contributed by atoms with Crippen LogP contribution in [0.15, 0.2) is 30.3 Å². The summed E-state index contributed by atoms with van der Waals surface area (Å²) in [5, 5.41) is 3.09. The van der Waals surface area contributed by atoms with Crippen LogP contribution in [0.3, 0.4) is 0 Å². The van der Waals surface area contributed by atoms with Crippen LogP contribution in [0.4, 0.5) is 23.5 Å². The van der Waals surface area contributed by atoms with Gasteiger partial charge >= 0.3 is 0 Å². The number of nitrogens with zero attached hydrogens (tertiary/aromatic N) is 4. The average molecular weight is 245 g/mol. The van der Waals surface area contributed by atoms with Gasteiger partial charge < -0.3 is 10.2 Å². The molecule has 4 N–H and O–H groups in total. The molecule has 0 aliphatic carbocycles. The molecule has 7 heteroatoms. The second kappa shape index (κ2) is 5.28. The second-order valence-corrected chi connectivity index (χ2v) is 3.81. The normalized spacial score (nSPS) is 9.94. The molecule has 0 bridgehead atoms. The lowest BCUT2D eigenvalue weighted by Gasteiger charge is -2.13. The largest absolute Gasteiger partial charge is 0.347 e. The topological polar surface area (TPSA) is 92.0 Å². The van der Waals surface area contributed by atoms with Gasteiger partial charge in [-0.1, -0.05) is 18.2 Å². The number of para-hydroxylation sites is 1. The number of nitrogens with two attached hydrogens (primary N) is 1. The molecule has 0 spiro atoms. The number of anilines is 4. The van der Waals surface area contributed by atoms with Crippen LogP contribution in [0.1, 0.15) is 0 Å². The highest BCUT2D eigenvalue weighted by Gasteiger charge is 2.07. The van der Waals surface area contributed by atoms with E-state index in [1.165, 1.54) is 0 Å². The first kappa shape index (κ1) is 12.1. The van der Waals surface area contributed by atoms with Crippen molar-refractivity contribution in [2.45, 2.75) is 0 Å². The van der Waals surface area contributed by atoms with E-state index in [-0.39, 0.29) is 0 Å². The van der Waals surface area contributed by atoms with Crippen LogP contribution < -0.4 is 21.5 Å². The van der Waals surface area contributed by atoms with Crippen LogP contribution in [0.2, 0.25) is 0 Å². The molecule has 18 heavy (non-hydrogen) atoms. The van der Waals surface area contributed by atoms with Gasteiger partial charge in [0.2, 0.25) is 17.8 Å². The van der Waals surface area contributed by atoms with Gasteiger partial charge in [0.15, 0.2) is 0 Å². The Labute approximate surface area is 105 Å². The van der Waals surface area contributed by atoms with E-state index in [0.717, 1.165) is 5.69 Å². The molecule has 7 nitrogen and oxygen atoms in total. The van der Waals surface area contributed by atoms with Gasteiger partial charge in [-0.3, -0.25) is 5.43 Å². The standard InChI is InChI=1S/C11H15N7/c1-18(2)11-15-9(14-10(16-11)17-12)13-8-6-4-3-5-7-8/h3-7H,12H2,1-2H3,(H2,13,14,15,16,17). The van der Waals surface area contributed by atoms with Crippen LogP contribution in [-0.2, 0) is 0 Å². The summed E-state index contributed by atoms with van der Waals surface area (Å²) in [4.78, 5) is 14.3. The molecule has 0 saturated carbocycles. The first-order valence-corrected chi connectivity index (χ1v) is 5.41. The third kappa shape index (κ3) is 2.83. The maximum Gasteiger partial charge on any atom is 0.243 e. The SMILES string of the molecule is CN(C)c1nc(NN)nc(Nc2ccccc2)n1. The summed E-state index contributed by atoms with van der Waals surface area (Å²) in [5.74, 6) is 6.61. The summed E-state index contributed by atoms with van der Waals surface area (Å²) >= 11 is 0. The minimum atomic E-state index is 0.312. The van der Waals surface area contributed by atoms with E-state index in [1.807, 2.05) is 44.4 Å². The smallest absolute Gasteiger partial charge is 0.243 e. The van der Waals surface area contributed by atoms with Crippen molar-refractivity contribution in [3.05, 3.63) is 30.3 Å². The molecule has 94 valence electrons. The fourth-order valence-electron chi connectivity index (χ4n) is 1.34. The van der Waals surface area contributed by atoms with Gasteiger partial charge in [-0.05, 0) is 12.1 Å². The predicted molar refractivity (Wildman–Crippen MR) is 71.7 cm³/mol. The Morgan fingerprint density at radius 1 is 1.00 bits per heavy atom. The van der Waals surface area contributed by atoms with Gasteiger partial charge in [-0.15, -0.1) is 0 Å². The summed E-state index contributed by atoms with van der Waals surface area (Å²) in [6.07, 6.45) is 0. The lowest BCUT2D eigenvalue weighted by Crippen LogP contribution is -2.18. The molecule has 0 fully saturated rings. The van der Waals surface area contributed by atoms with Crippen molar-refractivity contribution >= 4 is 23.5 Å². The molecule has 1 aromatic heterocycles. The maximum absolute atomic E-state index is 5.33. The Hall–Kier alpha value is -2.41. The zero-order valence-electron chi connectivity index (χ0n) is 10.3. The molecule has 0 unspecified atom stereocenters. The first-order chi connectivity index (χ1) is 8.69. The monoisotopic (exact) mass is 245 g/mol. The van der Waals surface area contributed by atoms with E-state index in [0.29, 0.717) is 17.8 Å². The van der Waals surface area contributed by atoms with Crippen molar-refractivity contribution in [3.63, 3.8) is 0 Å². The van der Waals surface area contributed by atoms with Gasteiger partial charge in [-0.2, -0.15) is 15.0 Å². The highest BCUT2D eigenvalue weighted by Crippen LogP contribution is 2.15. The Bertz CT molecular complexity index is 512. The van der Waals surface area contributed by atoms with E-state index in [2.05, 4.69) is 25.7 Å². The van der Waals surface area contributed by atoms with Crippen LogP contribution in [-0.4, -0.2) is 29.0 Å². The average Bonchev–Trinajstić information content (AvgIpc) is 2.39. The molecule has 2 rings (SSSR count). The number of aromatic nitrogens is 3. The molecule has 1 aromatic carbocycles. The Balaban J connectivity index is 2.30. The fraction of sp³-hybridized carbons (Fsp3) is 0.182. The molecular weight excluding hydrogens is 230 g/mol. The zero-order chi connectivity index (χ0) is 13.0. The van der Waals surface area contributed by atoms with Gasteiger partial charge in [-0.25, -0.2) is 5.84 Å². The Morgan fingerprint density at radius 3 is 2.28 bits per heavy atom. The van der Waals surface area contributed by atoms with E-state index in [4.69, 9.17) is 5.84 Å². The van der Waals surface area contributed by atoms with Crippen molar-refractivity contribution in [1.82, 2.24) is 15.0 Å². The number of hydrogen-bond donors (Lipinski definition) is 3. The third-order valence-electron chi connectivity index (χ3n) is 2.18. The summed E-state index contributed by atoms with van der Waals surface area (Å²) in [7, 11) is 3.70. The predicted octanol–water partition coefficient (Wildman–Crippen LogP) is 0.967. The van der Waals surface area contributed by atoms with Crippen LogP contribution in [0.5, 0.6) is 0 Å². The first-order valence-electron chi connectivity index (χ1n) is 5.41. The van der Waals surface area contributed by atoms with Crippen molar-refractivity contribution in [1.29, 1.82) is 0 Å². The minimum absolute atomic E-state index is 0.312. The number of benzene rings is 1. The molecule has 0 radical (unpaired) electrons. The van der Waals surface area contributed by atoms with Crippen LogP contribution >= 0.6 is 0 Å². The fourth-order valence-corrected chi connectivity index (χ4v) is 1.34. The third-order valence-corrected chi connectivity index (χ3v) is 2.18. The van der Waals surface area contributed by atoms with E-state index < -0.39 is 0 Å². The van der Waals surface area contributed by atoms with Gasteiger partial charge in [0.25, 0.3) is 0 Å². The summed E-state index contributed by atoms with van der Waals surface area (Å²) < 4.78 is 0. The number of hydrazine groups is 1. The summed E-state index contributed by atoms with van der Waals surface area (Å²) in [6.45, 7) is 0. The molecule has 0 aliphatic heterocycles. The van der Waals surface area contributed by atoms with Crippen molar-refractivity contribution in [2.75, 3.05) is 29.7 Å². The van der Waals surface area contributed by atoms with Gasteiger partial charge in [0.1, 0.15) is 0 Å². The number of rotatable bonds is 4. The van der Waals surface area contributed by atoms with Crippen molar-refractivity contribution in [2.24, 2.45) is 5.84 Å². The zero-order valence-corrected chi connectivity index (χ0v) is 10.3. The molecule has 0 amide bonds. The number of nitrogens with one attached hydrogen (secondary N) is 2. The van der Waals surface area contributed by atoms with E-state index in [9.17, 15) is 0 Å². The maximum atomic E-state index is 5.33. The second-order valence-electron chi connectivity index (χ2n) is 3.81. The summed E-state index contributed by atoms with van der Waals surface area (Å²) in [5.41, 5.74) is 3.32. The highest BCUT2D eigenvalue weighted by atomic mass is 15.4. The number of hydrogen-bond acceptors (Lipinski definition) is 7. The van der Waals surface area contributed by atoms with E-state index in [1.54, 1.807) is 4.90 Å². The molecule has 0 saturated heterocycles. The van der Waals surface area contributed by atoms with Gasteiger partial charge in [0, 0.05) is 19.8 Å². The molecule has 2 aromatic rings. The Morgan fingerprint density at radius 2 is 1.67 bits per heavy atom. The lowest BCUT2D eigenvalue weighted by atomic mass is 10.3. The molecular formula is C11H15N7. The van der Waals surface area contributed by atoms with E-state index >= 15 is 0 Å². The van der Waals surface area contributed by atoms with Crippen molar-refractivity contribution < 1.29 is 0 Å². The minimum Gasteiger partial charge on any atom is -0.347 e. The highest BCUT2D eigenvalue weighted by molar-refractivity contribution is 5.55.